The van der Waals surface area contributed by atoms with Gasteiger partial charge in [-0.25, -0.2) is 4.98 Å². The first-order chi connectivity index (χ1) is 8.92. The molecule has 19 heavy (non-hydrogen) atoms. The van der Waals surface area contributed by atoms with Crippen LogP contribution in [0.5, 0.6) is 5.88 Å². The standard InChI is InChI=1S/C14H22N4O/c1-10-7-16-13(18-10)17-9-11-5-6-12(15-8-11)19-14(2,3)4/h5-6,8,10H,7,9H2,1-4H3,(H2,16,17,18). The highest BCUT2D eigenvalue weighted by Gasteiger charge is 2.13. The molecule has 104 valence electrons. The van der Waals surface area contributed by atoms with E-state index in [9.17, 15) is 0 Å². The van der Waals surface area contributed by atoms with E-state index in [4.69, 9.17) is 4.74 Å². The van der Waals surface area contributed by atoms with Crippen LogP contribution >= 0.6 is 0 Å². The third-order valence-corrected chi connectivity index (χ3v) is 2.57. The highest BCUT2D eigenvalue weighted by atomic mass is 16.5. The minimum absolute atomic E-state index is 0.217. The number of guanidine groups is 1. The highest BCUT2D eigenvalue weighted by molar-refractivity contribution is 5.81. The number of hydrogen-bond donors (Lipinski definition) is 2. The molecule has 1 aliphatic heterocycles. The summed E-state index contributed by atoms with van der Waals surface area (Å²) in [7, 11) is 0. The molecule has 0 fully saturated rings. The number of pyridine rings is 1. The number of nitrogens with one attached hydrogen (secondary N) is 2. The van der Waals surface area contributed by atoms with Crippen LogP contribution in [0.1, 0.15) is 33.3 Å². The van der Waals surface area contributed by atoms with E-state index in [0.717, 1.165) is 18.1 Å². The van der Waals surface area contributed by atoms with Gasteiger partial charge >= 0.3 is 0 Å². The monoisotopic (exact) mass is 262 g/mol. The summed E-state index contributed by atoms with van der Waals surface area (Å²) >= 11 is 0. The molecule has 0 amide bonds. The van der Waals surface area contributed by atoms with Crippen molar-refractivity contribution in [2.75, 3.05) is 6.54 Å². The smallest absolute Gasteiger partial charge is 0.213 e. The van der Waals surface area contributed by atoms with Gasteiger partial charge in [-0.3, -0.25) is 4.99 Å². The Kier molecular flexibility index (Phi) is 3.93. The van der Waals surface area contributed by atoms with Crippen LogP contribution in [0.2, 0.25) is 0 Å². The van der Waals surface area contributed by atoms with Crippen molar-refractivity contribution < 1.29 is 4.74 Å². The molecule has 2 N–H and O–H groups in total. The van der Waals surface area contributed by atoms with Gasteiger partial charge in [-0.2, -0.15) is 0 Å². The number of hydrogen-bond acceptors (Lipinski definition) is 5. The summed E-state index contributed by atoms with van der Waals surface area (Å²) in [6, 6.07) is 4.33. The molecule has 0 spiro atoms. The van der Waals surface area contributed by atoms with E-state index in [1.807, 2.05) is 39.1 Å². The first kappa shape index (κ1) is 13.6. The molecule has 2 heterocycles. The molecule has 2 rings (SSSR count). The minimum Gasteiger partial charge on any atom is -0.472 e. The van der Waals surface area contributed by atoms with Crippen molar-refractivity contribution in [2.45, 2.75) is 45.9 Å². The molecule has 5 nitrogen and oxygen atoms in total. The van der Waals surface area contributed by atoms with Crippen molar-refractivity contribution in [3.05, 3.63) is 23.9 Å². The molecule has 1 aromatic heterocycles. The predicted octanol–water partition coefficient (Wildman–Crippen LogP) is 1.70. The zero-order chi connectivity index (χ0) is 13.9. The van der Waals surface area contributed by atoms with Crippen molar-refractivity contribution in [2.24, 2.45) is 4.99 Å². The first-order valence-corrected chi connectivity index (χ1v) is 6.61. The van der Waals surface area contributed by atoms with Gasteiger partial charge < -0.3 is 15.4 Å². The van der Waals surface area contributed by atoms with E-state index in [-0.39, 0.29) is 5.60 Å². The van der Waals surface area contributed by atoms with E-state index in [1.165, 1.54) is 0 Å². The van der Waals surface area contributed by atoms with Gasteiger partial charge in [0, 0.05) is 24.8 Å². The van der Waals surface area contributed by atoms with Gasteiger partial charge in [0.05, 0.1) is 6.54 Å². The molecule has 0 bridgehead atoms. The molecule has 0 radical (unpaired) electrons. The Balaban J connectivity index is 1.85. The fraction of sp³-hybridized carbons (Fsp3) is 0.571. The zero-order valence-electron chi connectivity index (χ0n) is 12.0. The van der Waals surface area contributed by atoms with Gasteiger partial charge in [0.2, 0.25) is 5.88 Å². The van der Waals surface area contributed by atoms with E-state index in [2.05, 4.69) is 27.5 Å². The SMILES string of the molecule is CC1CN=C(NCc2ccc(OC(C)(C)C)nc2)N1. The summed E-state index contributed by atoms with van der Waals surface area (Å²) in [5, 5.41) is 6.51. The van der Waals surface area contributed by atoms with Crippen molar-refractivity contribution in [3.63, 3.8) is 0 Å². The van der Waals surface area contributed by atoms with E-state index < -0.39 is 0 Å². The van der Waals surface area contributed by atoms with Gasteiger partial charge in [-0.15, -0.1) is 0 Å². The molecule has 1 aliphatic rings. The Bertz CT molecular complexity index is 448. The quantitative estimate of drug-likeness (QED) is 0.870. The number of aliphatic imine (C=N–C) groups is 1. The number of aromatic nitrogens is 1. The predicted molar refractivity (Wildman–Crippen MR) is 76.4 cm³/mol. The van der Waals surface area contributed by atoms with Gasteiger partial charge in [0.25, 0.3) is 0 Å². The topological polar surface area (TPSA) is 58.5 Å². The second-order valence-corrected chi connectivity index (χ2v) is 5.81. The third-order valence-electron chi connectivity index (χ3n) is 2.57. The second-order valence-electron chi connectivity index (χ2n) is 5.81. The average Bonchev–Trinajstić information content (AvgIpc) is 2.72. The molecule has 0 aliphatic carbocycles. The van der Waals surface area contributed by atoms with Crippen LogP contribution in [0.3, 0.4) is 0 Å². The van der Waals surface area contributed by atoms with Crippen LogP contribution in [-0.2, 0) is 6.54 Å². The van der Waals surface area contributed by atoms with Gasteiger partial charge in [-0.05, 0) is 33.3 Å². The fourth-order valence-electron chi connectivity index (χ4n) is 1.74. The van der Waals surface area contributed by atoms with Crippen LogP contribution in [-0.4, -0.2) is 29.1 Å². The molecule has 1 atom stereocenters. The van der Waals surface area contributed by atoms with Crippen molar-refractivity contribution in [1.82, 2.24) is 15.6 Å². The number of nitrogens with zero attached hydrogens (tertiary/aromatic N) is 2. The Morgan fingerprint density at radius 3 is 2.74 bits per heavy atom. The average molecular weight is 262 g/mol. The summed E-state index contributed by atoms with van der Waals surface area (Å²) in [6.45, 7) is 9.68. The largest absolute Gasteiger partial charge is 0.472 e. The summed E-state index contributed by atoms with van der Waals surface area (Å²) in [6.07, 6.45) is 1.83. The fourth-order valence-corrected chi connectivity index (χ4v) is 1.74. The van der Waals surface area contributed by atoms with Crippen molar-refractivity contribution in [3.8, 4) is 5.88 Å². The lowest BCUT2D eigenvalue weighted by atomic mass is 10.2. The molecular weight excluding hydrogens is 240 g/mol. The lowest BCUT2D eigenvalue weighted by Crippen LogP contribution is -2.37. The third kappa shape index (κ3) is 4.43. The first-order valence-electron chi connectivity index (χ1n) is 6.61. The summed E-state index contributed by atoms with van der Waals surface area (Å²) in [4.78, 5) is 8.65. The molecular formula is C14H22N4O. The highest BCUT2D eigenvalue weighted by Crippen LogP contribution is 2.15. The number of rotatable bonds is 3. The summed E-state index contributed by atoms with van der Waals surface area (Å²) < 4.78 is 5.68. The minimum atomic E-state index is -0.217. The van der Waals surface area contributed by atoms with Crippen LogP contribution in [0, 0.1) is 0 Å². The van der Waals surface area contributed by atoms with Gasteiger partial charge in [0.15, 0.2) is 5.96 Å². The second kappa shape index (κ2) is 5.47. The maximum absolute atomic E-state index is 5.68. The van der Waals surface area contributed by atoms with Crippen LogP contribution in [0.25, 0.3) is 0 Å². The molecule has 1 unspecified atom stereocenters. The molecule has 0 aromatic carbocycles. The van der Waals surface area contributed by atoms with Crippen LogP contribution < -0.4 is 15.4 Å². The van der Waals surface area contributed by atoms with Gasteiger partial charge in [0.1, 0.15) is 5.60 Å². The van der Waals surface area contributed by atoms with E-state index in [0.29, 0.717) is 18.5 Å². The maximum Gasteiger partial charge on any atom is 0.213 e. The lowest BCUT2D eigenvalue weighted by molar-refractivity contribution is 0.124. The van der Waals surface area contributed by atoms with Crippen molar-refractivity contribution in [1.29, 1.82) is 0 Å². The lowest BCUT2D eigenvalue weighted by Gasteiger charge is -2.20. The maximum atomic E-state index is 5.68. The summed E-state index contributed by atoms with van der Waals surface area (Å²) in [5.74, 6) is 1.52. The summed E-state index contributed by atoms with van der Waals surface area (Å²) in [5.41, 5.74) is 0.885. The van der Waals surface area contributed by atoms with Crippen LogP contribution in [0.4, 0.5) is 0 Å². The molecule has 0 saturated heterocycles. The Labute approximate surface area is 114 Å². The van der Waals surface area contributed by atoms with E-state index >= 15 is 0 Å². The van der Waals surface area contributed by atoms with Gasteiger partial charge in [-0.1, -0.05) is 6.07 Å². The van der Waals surface area contributed by atoms with Crippen molar-refractivity contribution >= 4 is 5.96 Å². The van der Waals surface area contributed by atoms with E-state index in [1.54, 1.807) is 0 Å². The Morgan fingerprint density at radius 1 is 1.42 bits per heavy atom. The Hall–Kier alpha value is -1.78. The molecule has 1 aromatic rings. The normalized spacial score (nSPS) is 18.7. The van der Waals surface area contributed by atoms with Crippen LogP contribution in [0.15, 0.2) is 23.3 Å². The molecule has 5 heteroatoms. The Morgan fingerprint density at radius 2 is 2.21 bits per heavy atom. The number of ether oxygens (including phenoxy) is 1. The molecule has 0 saturated carbocycles. The zero-order valence-corrected chi connectivity index (χ0v) is 12.0.